The molecule has 1 aromatic rings. The van der Waals surface area contributed by atoms with E-state index < -0.39 is 0 Å². The van der Waals surface area contributed by atoms with Gasteiger partial charge in [-0.15, -0.1) is 0 Å². The van der Waals surface area contributed by atoms with Crippen LogP contribution in [0.1, 0.15) is 38.9 Å². The van der Waals surface area contributed by atoms with E-state index in [2.05, 4.69) is 17.0 Å². The summed E-state index contributed by atoms with van der Waals surface area (Å²) in [5.41, 5.74) is 0. The maximum absolute atomic E-state index is 12.0. The fourth-order valence-electron chi connectivity index (χ4n) is 2.13. The van der Waals surface area contributed by atoms with E-state index in [0.29, 0.717) is 6.42 Å². The summed E-state index contributed by atoms with van der Waals surface area (Å²) in [6.45, 7) is 4.90. The monoisotopic (exact) mass is 237 g/mol. The topological polar surface area (TPSA) is 57.0 Å². The van der Waals surface area contributed by atoms with Gasteiger partial charge in [-0.3, -0.25) is 4.79 Å². The molecule has 1 fully saturated rings. The molecule has 0 aliphatic carbocycles. The van der Waals surface area contributed by atoms with Crippen LogP contribution in [0.15, 0.2) is 6.33 Å². The second kappa shape index (κ2) is 5.40. The van der Waals surface area contributed by atoms with E-state index in [0.717, 1.165) is 31.6 Å². The number of carbonyl (C=O) groups excluding carboxylic acids is 1. The Balaban J connectivity index is 1.95. The van der Waals surface area contributed by atoms with E-state index >= 15 is 0 Å². The van der Waals surface area contributed by atoms with Crippen molar-refractivity contribution in [3.8, 4) is 0 Å². The van der Waals surface area contributed by atoms with E-state index in [1.54, 1.807) is 4.68 Å². The van der Waals surface area contributed by atoms with Crippen molar-refractivity contribution < 1.29 is 9.53 Å². The van der Waals surface area contributed by atoms with Crippen LogP contribution in [0.3, 0.4) is 0 Å². The maximum Gasteiger partial charge on any atom is 0.169 e. The Hall–Kier alpha value is -1.23. The standard InChI is InChI=1S/C12H19N3O2/c1-3-6-15-12(13-8-14-15)7-10(16)11-5-4-9(2)17-11/h8-9,11H,3-7H2,1-2H3. The number of nitrogens with zero attached hydrogens (tertiary/aromatic N) is 3. The highest BCUT2D eigenvalue weighted by molar-refractivity contribution is 5.84. The third kappa shape index (κ3) is 2.91. The maximum atomic E-state index is 12.0. The smallest absolute Gasteiger partial charge is 0.169 e. The third-order valence-corrected chi connectivity index (χ3v) is 3.05. The summed E-state index contributed by atoms with van der Waals surface area (Å²) in [7, 11) is 0. The molecule has 0 amide bonds. The van der Waals surface area contributed by atoms with Crippen molar-refractivity contribution in [2.45, 2.75) is 58.3 Å². The summed E-state index contributed by atoms with van der Waals surface area (Å²) in [5.74, 6) is 0.875. The molecule has 0 radical (unpaired) electrons. The van der Waals surface area contributed by atoms with Crippen molar-refractivity contribution in [3.63, 3.8) is 0 Å². The van der Waals surface area contributed by atoms with Gasteiger partial charge in [0.15, 0.2) is 5.78 Å². The normalized spacial score (nSPS) is 24.1. The van der Waals surface area contributed by atoms with Crippen molar-refractivity contribution >= 4 is 5.78 Å². The molecule has 1 saturated heterocycles. The minimum atomic E-state index is -0.239. The van der Waals surface area contributed by atoms with Crippen LogP contribution in [0.2, 0.25) is 0 Å². The van der Waals surface area contributed by atoms with Crippen LogP contribution < -0.4 is 0 Å². The van der Waals surface area contributed by atoms with Crippen molar-refractivity contribution in [3.05, 3.63) is 12.2 Å². The van der Waals surface area contributed by atoms with Gasteiger partial charge in [-0.1, -0.05) is 6.92 Å². The van der Waals surface area contributed by atoms with Crippen molar-refractivity contribution in [1.82, 2.24) is 14.8 Å². The first-order chi connectivity index (χ1) is 8.20. The van der Waals surface area contributed by atoms with Crippen LogP contribution in [0, 0.1) is 0 Å². The number of hydrogen-bond acceptors (Lipinski definition) is 4. The van der Waals surface area contributed by atoms with Gasteiger partial charge in [-0.05, 0) is 26.2 Å². The number of carbonyl (C=O) groups is 1. The number of ketones is 1. The molecule has 0 bridgehead atoms. The van der Waals surface area contributed by atoms with Gasteiger partial charge in [-0.2, -0.15) is 5.10 Å². The van der Waals surface area contributed by atoms with Crippen LogP contribution in [0.4, 0.5) is 0 Å². The van der Waals surface area contributed by atoms with Gasteiger partial charge >= 0.3 is 0 Å². The van der Waals surface area contributed by atoms with Gasteiger partial charge in [0.05, 0.1) is 12.5 Å². The number of aromatic nitrogens is 3. The van der Waals surface area contributed by atoms with Crippen LogP contribution in [0.25, 0.3) is 0 Å². The number of ether oxygens (including phenoxy) is 1. The molecule has 5 nitrogen and oxygen atoms in total. The van der Waals surface area contributed by atoms with Crippen LogP contribution in [-0.2, 0) is 22.5 Å². The van der Waals surface area contributed by atoms with Crippen molar-refractivity contribution in [2.24, 2.45) is 0 Å². The zero-order chi connectivity index (χ0) is 12.3. The molecular formula is C12H19N3O2. The second-order valence-electron chi connectivity index (χ2n) is 4.56. The average molecular weight is 237 g/mol. The lowest BCUT2D eigenvalue weighted by atomic mass is 10.1. The Kier molecular flexibility index (Phi) is 3.89. The minimum absolute atomic E-state index is 0.125. The van der Waals surface area contributed by atoms with Gasteiger partial charge in [0.25, 0.3) is 0 Å². The summed E-state index contributed by atoms with van der Waals surface area (Å²) in [4.78, 5) is 16.1. The molecule has 2 atom stereocenters. The van der Waals surface area contributed by atoms with Gasteiger partial charge in [-0.25, -0.2) is 9.67 Å². The predicted molar refractivity (Wildman–Crippen MR) is 62.6 cm³/mol. The Morgan fingerprint density at radius 2 is 2.41 bits per heavy atom. The Morgan fingerprint density at radius 3 is 3.06 bits per heavy atom. The third-order valence-electron chi connectivity index (χ3n) is 3.05. The van der Waals surface area contributed by atoms with E-state index in [1.165, 1.54) is 6.33 Å². The lowest BCUT2D eigenvalue weighted by Gasteiger charge is -2.10. The molecule has 94 valence electrons. The second-order valence-corrected chi connectivity index (χ2v) is 4.56. The molecule has 1 aliphatic heterocycles. The summed E-state index contributed by atoms with van der Waals surface area (Å²) in [5, 5.41) is 4.11. The molecule has 2 heterocycles. The summed E-state index contributed by atoms with van der Waals surface area (Å²) in [6, 6.07) is 0. The average Bonchev–Trinajstić information content (AvgIpc) is 2.89. The predicted octanol–water partition coefficient (Wildman–Crippen LogP) is 1.37. The zero-order valence-electron chi connectivity index (χ0n) is 10.4. The summed E-state index contributed by atoms with van der Waals surface area (Å²) in [6.07, 6.45) is 4.60. The lowest BCUT2D eigenvalue weighted by Crippen LogP contribution is -2.24. The molecule has 2 rings (SSSR count). The van der Waals surface area contributed by atoms with Gasteiger partial charge in [0, 0.05) is 6.54 Å². The van der Waals surface area contributed by atoms with Crippen molar-refractivity contribution in [1.29, 1.82) is 0 Å². The number of rotatable bonds is 5. The highest BCUT2D eigenvalue weighted by atomic mass is 16.5. The Morgan fingerprint density at radius 1 is 1.59 bits per heavy atom. The number of Topliss-reactive ketones (excluding diaryl/α,β-unsaturated/α-hetero) is 1. The lowest BCUT2D eigenvalue weighted by molar-refractivity contribution is -0.128. The highest BCUT2D eigenvalue weighted by Gasteiger charge is 2.28. The largest absolute Gasteiger partial charge is 0.367 e. The molecule has 0 saturated carbocycles. The Bertz CT molecular complexity index is 389. The molecule has 0 N–H and O–H groups in total. The van der Waals surface area contributed by atoms with E-state index in [-0.39, 0.29) is 18.0 Å². The van der Waals surface area contributed by atoms with Crippen LogP contribution in [0.5, 0.6) is 0 Å². The first kappa shape index (κ1) is 12.2. The van der Waals surface area contributed by atoms with E-state index in [9.17, 15) is 4.79 Å². The molecule has 5 heteroatoms. The highest BCUT2D eigenvalue weighted by Crippen LogP contribution is 2.20. The summed E-state index contributed by atoms with van der Waals surface area (Å²) >= 11 is 0. The molecule has 1 aromatic heterocycles. The fraction of sp³-hybridized carbons (Fsp3) is 0.750. The van der Waals surface area contributed by atoms with Gasteiger partial charge in [0.1, 0.15) is 18.3 Å². The van der Waals surface area contributed by atoms with Crippen molar-refractivity contribution in [2.75, 3.05) is 0 Å². The quantitative estimate of drug-likeness (QED) is 0.776. The minimum Gasteiger partial charge on any atom is -0.367 e. The molecule has 0 aromatic carbocycles. The first-order valence-electron chi connectivity index (χ1n) is 6.25. The SMILES string of the molecule is CCCn1ncnc1CC(=O)C1CCC(C)O1. The molecule has 1 aliphatic rings. The van der Waals surface area contributed by atoms with Gasteiger partial charge in [0.2, 0.25) is 0 Å². The molecular weight excluding hydrogens is 218 g/mol. The number of aryl methyl sites for hydroxylation is 1. The van der Waals surface area contributed by atoms with Crippen LogP contribution in [-0.4, -0.2) is 32.8 Å². The zero-order valence-corrected chi connectivity index (χ0v) is 10.4. The summed E-state index contributed by atoms with van der Waals surface area (Å²) < 4.78 is 7.37. The van der Waals surface area contributed by atoms with E-state index in [1.807, 2.05) is 6.92 Å². The molecule has 17 heavy (non-hydrogen) atoms. The fourth-order valence-corrected chi connectivity index (χ4v) is 2.13. The van der Waals surface area contributed by atoms with Crippen LogP contribution >= 0.6 is 0 Å². The van der Waals surface area contributed by atoms with E-state index in [4.69, 9.17) is 4.74 Å². The van der Waals surface area contributed by atoms with Gasteiger partial charge < -0.3 is 4.74 Å². The molecule has 2 unspecified atom stereocenters. The molecule has 0 spiro atoms. The Labute approximate surface area is 101 Å². The number of hydrogen-bond donors (Lipinski definition) is 0. The first-order valence-corrected chi connectivity index (χ1v) is 6.25.